The molecule has 0 atom stereocenters. The number of hydrogen-bond donors (Lipinski definition) is 0. The van der Waals surface area contributed by atoms with Crippen LogP contribution >= 0.6 is 0 Å². The van der Waals surface area contributed by atoms with Crippen molar-refractivity contribution in [3.8, 4) is 0 Å². The van der Waals surface area contributed by atoms with Crippen LogP contribution in [0.2, 0.25) is 0 Å². The summed E-state index contributed by atoms with van der Waals surface area (Å²) in [4.78, 5) is 0. The predicted octanol–water partition coefficient (Wildman–Crippen LogP) is 2.64. The van der Waals surface area contributed by atoms with Crippen LogP contribution in [-0.4, -0.2) is 44.9 Å². The first-order valence-electron chi connectivity index (χ1n) is 9.36. The highest BCUT2D eigenvalue weighted by atomic mass is 16.5. The fraction of sp³-hybridized carbons (Fsp3) is 0.400. The summed E-state index contributed by atoms with van der Waals surface area (Å²) in [6.45, 7) is 7.98. The van der Waals surface area contributed by atoms with E-state index >= 15 is 0 Å². The quantitative estimate of drug-likeness (QED) is 0.775. The molecule has 26 heavy (non-hydrogen) atoms. The molecule has 0 fully saturated rings. The van der Waals surface area contributed by atoms with Crippen molar-refractivity contribution in [3.05, 3.63) is 48.5 Å². The van der Waals surface area contributed by atoms with E-state index < -0.39 is 0 Å². The molecule has 0 saturated heterocycles. The number of anilines is 2. The molecule has 2 aromatic rings. The predicted molar refractivity (Wildman–Crippen MR) is 112 cm³/mol. The largest absolute Gasteiger partial charge is 0.432 e. The average Bonchev–Trinajstić information content (AvgIpc) is 2.68. The first-order valence-corrected chi connectivity index (χ1v) is 9.36. The average molecular weight is 350 g/mol. The zero-order valence-electron chi connectivity index (χ0n) is 16.6. The second kappa shape index (κ2) is 7.87. The summed E-state index contributed by atoms with van der Waals surface area (Å²) in [5.74, 6) is 0. The Hall–Kier alpha value is -1.75. The molecule has 1 aliphatic rings. The van der Waals surface area contributed by atoms with Gasteiger partial charge in [-0.3, -0.25) is 5.01 Å². The fourth-order valence-electron chi connectivity index (χ4n) is 3.60. The van der Waals surface area contributed by atoms with Gasteiger partial charge in [0.05, 0.1) is 11.4 Å². The van der Waals surface area contributed by atoms with Crippen LogP contribution in [0.4, 0.5) is 11.4 Å². The molecular weight excluding hydrogens is 322 g/mol. The number of hydrazine groups is 1. The molecule has 0 aromatic heterocycles. The minimum absolute atomic E-state index is 0.101. The van der Waals surface area contributed by atoms with Crippen molar-refractivity contribution in [1.29, 1.82) is 0 Å². The molecule has 0 aliphatic carbocycles. The second-order valence-corrected chi connectivity index (χ2v) is 7.49. The van der Waals surface area contributed by atoms with Crippen molar-refractivity contribution in [2.24, 2.45) is 0 Å². The van der Waals surface area contributed by atoms with Crippen LogP contribution < -0.4 is 15.9 Å². The fourth-order valence-corrected chi connectivity index (χ4v) is 3.60. The minimum Gasteiger partial charge on any atom is -0.432 e. The van der Waals surface area contributed by atoms with Gasteiger partial charge in [-0.15, -0.1) is 0 Å². The SMILES string of the molecule is CC(C)OB1B(OC(C)C)c2ccccc2N(N(C)C)c2ccccc21. The topological polar surface area (TPSA) is 24.9 Å². The van der Waals surface area contributed by atoms with Crippen LogP contribution in [0.5, 0.6) is 0 Å². The normalized spacial score (nSPS) is 14.1. The second-order valence-electron chi connectivity index (χ2n) is 7.49. The van der Waals surface area contributed by atoms with Gasteiger partial charge in [-0.25, -0.2) is 5.01 Å². The molecule has 3 rings (SSSR count). The molecule has 1 aliphatic heterocycles. The van der Waals surface area contributed by atoms with Crippen LogP contribution in [0, 0.1) is 0 Å². The van der Waals surface area contributed by atoms with E-state index in [1.807, 2.05) is 0 Å². The Balaban J connectivity index is 2.27. The summed E-state index contributed by atoms with van der Waals surface area (Å²) in [5, 5.41) is 4.35. The van der Waals surface area contributed by atoms with Crippen LogP contribution in [-0.2, 0) is 9.31 Å². The third-order valence-corrected chi connectivity index (χ3v) is 4.46. The minimum atomic E-state index is -0.167. The maximum atomic E-state index is 6.43. The Bertz CT molecular complexity index is 693. The summed E-state index contributed by atoms with van der Waals surface area (Å²) in [6, 6.07) is 16.9. The van der Waals surface area contributed by atoms with Gasteiger partial charge >= 0.3 is 13.6 Å². The molecule has 0 N–H and O–H groups in total. The first-order chi connectivity index (χ1) is 12.4. The highest BCUT2D eigenvalue weighted by Crippen LogP contribution is 2.28. The van der Waals surface area contributed by atoms with Crippen LogP contribution in [0.25, 0.3) is 0 Å². The maximum Gasteiger partial charge on any atom is 0.332 e. The van der Waals surface area contributed by atoms with Gasteiger partial charge in [0.25, 0.3) is 0 Å². The van der Waals surface area contributed by atoms with Crippen molar-refractivity contribution in [3.63, 3.8) is 0 Å². The Morgan fingerprint density at radius 2 is 1.12 bits per heavy atom. The third kappa shape index (κ3) is 3.68. The van der Waals surface area contributed by atoms with E-state index in [0.717, 1.165) is 22.3 Å². The van der Waals surface area contributed by atoms with E-state index in [2.05, 4.69) is 100 Å². The molecule has 136 valence electrons. The highest BCUT2D eigenvalue weighted by Gasteiger charge is 2.44. The van der Waals surface area contributed by atoms with Gasteiger partial charge in [0.1, 0.15) is 0 Å². The molecular formula is C20H28B2N2O2. The lowest BCUT2D eigenvalue weighted by molar-refractivity contribution is 0.232. The van der Waals surface area contributed by atoms with E-state index in [1.165, 1.54) is 0 Å². The van der Waals surface area contributed by atoms with E-state index in [9.17, 15) is 0 Å². The molecule has 1 heterocycles. The maximum absolute atomic E-state index is 6.43. The van der Waals surface area contributed by atoms with E-state index in [1.54, 1.807) is 0 Å². The summed E-state index contributed by atoms with van der Waals surface area (Å²) < 4.78 is 12.9. The number of hydrogen-bond acceptors (Lipinski definition) is 4. The lowest BCUT2D eigenvalue weighted by Gasteiger charge is -2.33. The number of fused-ring (bicyclic) bond motifs is 2. The molecule has 4 nitrogen and oxygen atoms in total. The lowest BCUT2D eigenvalue weighted by atomic mass is 9.21. The Morgan fingerprint density at radius 3 is 1.46 bits per heavy atom. The smallest absolute Gasteiger partial charge is 0.332 e. The molecule has 0 amide bonds. The monoisotopic (exact) mass is 350 g/mol. The Labute approximate surface area is 158 Å². The van der Waals surface area contributed by atoms with Gasteiger partial charge in [-0.1, -0.05) is 36.4 Å². The van der Waals surface area contributed by atoms with Gasteiger partial charge in [0.2, 0.25) is 0 Å². The number of benzene rings is 2. The zero-order valence-corrected chi connectivity index (χ0v) is 16.6. The van der Waals surface area contributed by atoms with Gasteiger partial charge in [-0.2, -0.15) is 0 Å². The number of nitrogens with zero attached hydrogens (tertiary/aromatic N) is 2. The lowest BCUT2D eigenvalue weighted by Crippen LogP contribution is -2.57. The standard InChI is InChI=1S/C20H28B2N2O2/c1-15(2)25-21-17-11-7-9-13-19(17)24(23(5)6)20-14-10-8-12-18(20)22(21)26-16(3)4/h7-16H,1-6H3. The van der Waals surface area contributed by atoms with Gasteiger partial charge in [0.15, 0.2) is 0 Å². The Kier molecular flexibility index (Phi) is 5.76. The molecule has 0 spiro atoms. The Morgan fingerprint density at radius 1 is 0.731 bits per heavy atom. The summed E-state index contributed by atoms with van der Waals surface area (Å²) in [5.41, 5.74) is 4.56. The molecule has 2 aromatic carbocycles. The van der Waals surface area contributed by atoms with E-state index in [0.29, 0.717) is 0 Å². The van der Waals surface area contributed by atoms with Crippen molar-refractivity contribution < 1.29 is 9.31 Å². The van der Waals surface area contributed by atoms with Crippen LogP contribution in [0.15, 0.2) is 48.5 Å². The summed E-state index contributed by atoms with van der Waals surface area (Å²) in [7, 11) is 4.13. The third-order valence-electron chi connectivity index (χ3n) is 4.46. The van der Waals surface area contributed by atoms with Crippen molar-refractivity contribution in [2.75, 3.05) is 19.1 Å². The highest BCUT2D eigenvalue weighted by molar-refractivity contribution is 7.28. The summed E-state index contributed by atoms with van der Waals surface area (Å²) in [6.07, 6.45) is 0.203. The molecule has 0 saturated carbocycles. The van der Waals surface area contributed by atoms with Gasteiger partial charge < -0.3 is 9.31 Å². The number of rotatable bonds is 5. The van der Waals surface area contributed by atoms with E-state index in [4.69, 9.17) is 9.31 Å². The number of para-hydroxylation sites is 2. The van der Waals surface area contributed by atoms with Gasteiger partial charge in [-0.05, 0) is 50.8 Å². The zero-order chi connectivity index (χ0) is 18.8. The van der Waals surface area contributed by atoms with Crippen molar-refractivity contribution in [1.82, 2.24) is 5.01 Å². The first kappa shape index (κ1) is 19.0. The van der Waals surface area contributed by atoms with Crippen LogP contribution in [0.3, 0.4) is 0 Å². The van der Waals surface area contributed by atoms with Gasteiger partial charge in [0, 0.05) is 26.3 Å². The van der Waals surface area contributed by atoms with E-state index in [-0.39, 0.29) is 25.8 Å². The molecule has 0 unspecified atom stereocenters. The van der Waals surface area contributed by atoms with Crippen molar-refractivity contribution in [2.45, 2.75) is 39.9 Å². The molecule has 0 bridgehead atoms. The molecule has 0 radical (unpaired) electrons. The molecule has 6 heteroatoms. The van der Waals surface area contributed by atoms with Crippen molar-refractivity contribution >= 4 is 35.9 Å². The summed E-state index contributed by atoms with van der Waals surface area (Å²) >= 11 is 0. The van der Waals surface area contributed by atoms with Crippen LogP contribution in [0.1, 0.15) is 27.7 Å².